The number of allylic oxidation sites excluding steroid dienone is 4. The first-order valence-corrected chi connectivity index (χ1v) is 22.4. The highest BCUT2D eigenvalue weighted by Gasteiger charge is 2.16. The largest absolute Gasteiger partial charge is 0.462 e. The van der Waals surface area contributed by atoms with Gasteiger partial charge in [-0.2, -0.15) is 0 Å². The molecule has 0 unspecified atom stereocenters. The number of hydrogen-bond acceptors (Lipinski definition) is 5. The third-order valence-electron chi connectivity index (χ3n) is 10.00. The van der Waals surface area contributed by atoms with Crippen LogP contribution in [0.3, 0.4) is 0 Å². The van der Waals surface area contributed by atoms with E-state index in [0.29, 0.717) is 12.8 Å². The number of hydrogen-bond donors (Lipinski definition) is 1. The molecular formula is C46H86O5. The summed E-state index contributed by atoms with van der Waals surface area (Å²) < 4.78 is 10.6. The van der Waals surface area contributed by atoms with E-state index in [4.69, 9.17) is 9.47 Å². The molecule has 0 saturated heterocycles. The molecule has 0 aliphatic carbocycles. The molecule has 0 bridgehead atoms. The van der Waals surface area contributed by atoms with Gasteiger partial charge in [-0.1, -0.05) is 205 Å². The van der Waals surface area contributed by atoms with Gasteiger partial charge in [0.2, 0.25) is 0 Å². The molecule has 1 N–H and O–H groups in total. The molecule has 0 radical (unpaired) electrons. The third kappa shape index (κ3) is 41.0. The van der Waals surface area contributed by atoms with Gasteiger partial charge >= 0.3 is 11.9 Å². The average molecular weight is 719 g/mol. The molecule has 300 valence electrons. The second kappa shape index (κ2) is 42.8. The summed E-state index contributed by atoms with van der Waals surface area (Å²) in [6.07, 6.45) is 51.1. The van der Waals surface area contributed by atoms with Gasteiger partial charge in [0.05, 0.1) is 6.61 Å². The Morgan fingerprint density at radius 1 is 0.451 bits per heavy atom. The Labute approximate surface area is 317 Å². The van der Waals surface area contributed by atoms with Gasteiger partial charge in [0.1, 0.15) is 6.61 Å². The first-order chi connectivity index (χ1) is 25.1. The van der Waals surface area contributed by atoms with Crippen molar-refractivity contribution in [3.8, 4) is 0 Å². The van der Waals surface area contributed by atoms with Crippen LogP contribution in [0.4, 0.5) is 0 Å². The number of carbonyl (C=O) groups is 2. The molecule has 5 heteroatoms. The number of esters is 2. The van der Waals surface area contributed by atoms with Crippen LogP contribution in [0.5, 0.6) is 0 Å². The van der Waals surface area contributed by atoms with Crippen molar-refractivity contribution in [3.63, 3.8) is 0 Å². The fraction of sp³-hybridized carbons (Fsp3) is 0.870. The SMILES string of the molecule is CCCCC/C=C/C/C=C/CCCCCCCC(=O)OC[C@H](CO)OC(=O)CCCCCCCCCCCCCCCCCCCCCCCC. The maximum absolute atomic E-state index is 12.2. The Balaban J connectivity index is 3.49. The van der Waals surface area contributed by atoms with Crippen LogP contribution in [-0.2, 0) is 19.1 Å². The van der Waals surface area contributed by atoms with E-state index in [-0.39, 0.29) is 25.2 Å². The molecule has 51 heavy (non-hydrogen) atoms. The summed E-state index contributed by atoms with van der Waals surface area (Å²) in [5, 5.41) is 9.58. The summed E-state index contributed by atoms with van der Waals surface area (Å²) in [6, 6.07) is 0. The monoisotopic (exact) mass is 719 g/mol. The molecular weight excluding hydrogens is 633 g/mol. The molecule has 0 aliphatic heterocycles. The zero-order valence-corrected chi connectivity index (χ0v) is 34.1. The minimum atomic E-state index is -0.772. The first-order valence-electron chi connectivity index (χ1n) is 22.4. The summed E-state index contributed by atoms with van der Waals surface area (Å²) in [4.78, 5) is 24.3. The highest BCUT2D eigenvalue weighted by Crippen LogP contribution is 2.16. The predicted molar refractivity (Wildman–Crippen MR) is 219 cm³/mol. The van der Waals surface area contributed by atoms with Crippen molar-refractivity contribution in [1.29, 1.82) is 0 Å². The molecule has 0 rings (SSSR count). The minimum Gasteiger partial charge on any atom is -0.462 e. The Morgan fingerprint density at radius 3 is 1.20 bits per heavy atom. The van der Waals surface area contributed by atoms with Crippen LogP contribution in [0.1, 0.15) is 239 Å². The lowest BCUT2D eigenvalue weighted by molar-refractivity contribution is -0.161. The molecule has 0 fully saturated rings. The Bertz CT molecular complexity index is 776. The first kappa shape index (κ1) is 49.4. The van der Waals surface area contributed by atoms with Crippen molar-refractivity contribution in [2.75, 3.05) is 13.2 Å². The molecule has 0 spiro atoms. The normalized spacial score (nSPS) is 12.3. The van der Waals surface area contributed by atoms with Gasteiger partial charge in [-0.25, -0.2) is 0 Å². The van der Waals surface area contributed by atoms with Gasteiger partial charge in [0.25, 0.3) is 0 Å². The smallest absolute Gasteiger partial charge is 0.306 e. The quantitative estimate of drug-likeness (QED) is 0.0387. The van der Waals surface area contributed by atoms with E-state index in [9.17, 15) is 14.7 Å². The number of ether oxygens (including phenoxy) is 2. The van der Waals surface area contributed by atoms with E-state index < -0.39 is 6.10 Å². The molecule has 0 aliphatic rings. The number of unbranched alkanes of at least 4 members (excludes halogenated alkanes) is 29. The third-order valence-corrected chi connectivity index (χ3v) is 10.00. The second-order valence-electron chi connectivity index (χ2n) is 15.1. The van der Waals surface area contributed by atoms with Crippen molar-refractivity contribution in [2.45, 2.75) is 245 Å². The molecule has 0 aromatic rings. The van der Waals surface area contributed by atoms with E-state index in [0.717, 1.165) is 51.4 Å². The molecule has 0 aromatic heterocycles. The van der Waals surface area contributed by atoms with Crippen LogP contribution >= 0.6 is 0 Å². The van der Waals surface area contributed by atoms with E-state index in [1.54, 1.807) is 0 Å². The van der Waals surface area contributed by atoms with Crippen LogP contribution in [0.2, 0.25) is 0 Å². The number of carbonyl (C=O) groups excluding carboxylic acids is 2. The summed E-state index contributed by atoms with van der Waals surface area (Å²) in [5.41, 5.74) is 0. The lowest BCUT2D eigenvalue weighted by atomic mass is 10.0. The van der Waals surface area contributed by atoms with Gasteiger partial charge in [-0.3, -0.25) is 9.59 Å². The fourth-order valence-electron chi connectivity index (χ4n) is 6.59. The topological polar surface area (TPSA) is 72.8 Å². The van der Waals surface area contributed by atoms with Crippen LogP contribution in [0.25, 0.3) is 0 Å². The molecule has 0 amide bonds. The van der Waals surface area contributed by atoms with Gasteiger partial charge in [-0.15, -0.1) is 0 Å². The second-order valence-corrected chi connectivity index (χ2v) is 15.1. The molecule has 5 nitrogen and oxygen atoms in total. The zero-order chi connectivity index (χ0) is 37.1. The van der Waals surface area contributed by atoms with E-state index >= 15 is 0 Å². The number of aliphatic hydroxyl groups excluding tert-OH is 1. The number of rotatable bonds is 41. The maximum atomic E-state index is 12.2. The molecule has 1 atom stereocenters. The Hall–Kier alpha value is -1.62. The van der Waals surface area contributed by atoms with Crippen molar-refractivity contribution in [3.05, 3.63) is 24.3 Å². The van der Waals surface area contributed by atoms with E-state index in [2.05, 4.69) is 38.2 Å². The summed E-state index contributed by atoms with van der Waals surface area (Å²) >= 11 is 0. The maximum Gasteiger partial charge on any atom is 0.306 e. The minimum absolute atomic E-state index is 0.0688. The Morgan fingerprint density at radius 2 is 0.784 bits per heavy atom. The lowest BCUT2D eigenvalue weighted by Crippen LogP contribution is -2.28. The highest BCUT2D eigenvalue weighted by atomic mass is 16.6. The van der Waals surface area contributed by atoms with Crippen molar-refractivity contribution in [1.82, 2.24) is 0 Å². The van der Waals surface area contributed by atoms with Gasteiger partial charge in [0, 0.05) is 12.8 Å². The van der Waals surface area contributed by atoms with Crippen LogP contribution < -0.4 is 0 Å². The van der Waals surface area contributed by atoms with Crippen molar-refractivity contribution < 1.29 is 24.2 Å². The number of aliphatic hydroxyl groups is 1. The fourth-order valence-corrected chi connectivity index (χ4v) is 6.59. The highest BCUT2D eigenvalue weighted by molar-refractivity contribution is 5.70. The molecule has 0 aromatic carbocycles. The molecule has 0 heterocycles. The summed E-state index contributed by atoms with van der Waals surface area (Å²) in [7, 11) is 0. The summed E-state index contributed by atoms with van der Waals surface area (Å²) in [6.45, 7) is 4.13. The average Bonchev–Trinajstić information content (AvgIpc) is 3.13. The summed E-state index contributed by atoms with van der Waals surface area (Å²) in [5.74, 6) is -0.596. The van der Waals surface area contributed by atoms with Gasteiger partial charge in [-0.05, 0) is 44.9 Å². The predicted octanol–water partition coefficient (Wildman–Crippen LogP) is 14.2. The van der Waals surface area contributed by atoms with Gasteiger partial charge < -0.3 is 14.6 Å². The van der Waals surface area contributed by atoms with E-state index in [1.807, 2.05) is 0 Å². The lowest BCUT2D eigenvalue weighted by Gasteiger charge is -2.15. The Kier molecular flexibility index (Phi) is 41.4. The van der Waals surface area contributed by atoms with Crippen LogP contribution in [0.15, 0.2) is 24.3 Å². The van der Waals surface area contributed by atoms with E-state index in [1.165, 1.54) is 161 Å². The van der Waals surface area contributed by atoms with Crippen molar-refractivity contribution in [2.24, 2.45) is 0 Å². The van der Waals surface area contributed by atoms with Gasteiger partial charge in [0.15, 0.2) is 6.10 Å². The van der Waals surface area contributed by atoms with Crippen LogP contribution in [-0.4, -0.2) is 36.4 Å². The zero-order valence-electron chi connectivity index (χ0n) is 34.1. The molecule has 0 saturated carbocycles. The van der Waals surface area contributed by atoms with Crippen molar-refractivity contribution >= 4 is 11.9 Å². The van der Waals surface area contributed by atoms with Crippen LogP contribution in [0, 0.1) is 0 Å². The standard InChI is InChI=1S/C46H86O5/c1-3-5-7-9-11-13-15-17-19-20-21-22-23-24-25-27-29-31-33-35-37-39-41-46(49)51-44(42-47)43-50-45(48)40-38-36-34-32-30-28-26-18-16-14-12-10-8-6-4-2/h12,14,18,26,44,47H,3-11,13,15-17,19-25,27-43H2,1-2H3/b14-12+,26-18+/t44-/m0/s1.